The van der Waals surface area contributed by atoms with Gasteiger partial charge in [0.15, 0.2) is 5.96 Å². The normalized spacial score (nSPS) is 36.2. The quantitative estimate of drug-likeness (QED) is 0.613. The molecule has 0 saturated carbocycles. The standard InChI is InChI=1S/C10H15N5O/c11-9-12-3-1-5-14-7(12)8-13(9)4-2-6-15(8)10(14)16/h7-8,11H,1-6H2. The molecule has 16 heavy (non-hydrogen) atoms. The number of hydrogen-bond acceptors (Lipinski definition) is 2. The third-order valence-corrected chi connectivity index (χ3v) is 4.18. The van der Waals surface area contributed by atoms with E-state index in [9.17, 15) is 4.79 Å². The second-order valence-corrected chi connectivity index (χ2v) is 4.91. The van der Waals surface area contributed by atoms with Crippen molar-refractivity contribution in [3.63, 3.8) is 0 Å². The molecule has 6 heteroatoms. The molecule has 4 rings (SSSR count). The van der Waals surface area contributed by atoms with E-state index in [1.165, 1.54) is 0 Å². The zero-order valence-corrected chi connectivity index (χ0v) is 9.09. The first-order valence-corrected chi connectivity index (χ1v) is 5.98. The van der Waals surface area contributed by atoms with Gasteiger partial charge in [-0.1, -0.05) is 0 Å². The highest BCUT2D eigenvalue weighted by atomic mass is 16.2. The van der Waals surface area contributed by atoms with E-state index in [0.29, 0.717) is 5.96 Å². The summed E-state index contributed by atoms with van der Waals surface area (Å²) >= 11 is 0. The number of amides is 2. The largest absolute Gasteiger partial charge is 0.323 e. The Morgan fingerprint density at radius 3 is 1.81 bits per heavy atom. The number of hydrogen-bond donors (Lipinski definition) is 1. The number of carbonyl (C=O) groups is 1. The number of guanidine groups is 1. The summed E-state index contributed by atoms with van der Waals surface area (Å²) in [5.74, 6) is 0.622. The summed E-state index contributed by atoms with van der Waals surface area (Å²) in [6, 6.07) is 0.178. The second-order valence-electron chi connectivity index (χ2n) is 4.91. The van der Waals surface area contributed by atoms with E-state index in [-0.39, 0.29) is 18.4 Å². The number of urea groups is 1. The van der Waals surface area contributed by atoms with Crippen LogP contribution in [-0.2, 0) is 0 Å². The third kappa shape index (κ3) is 0.771. The van der Waals surface area contributed by atoms with Gasteiger partial charge in [0.2, 0.25) is 0 Å². The van der Waals surface area contributed by atoms with Crippen molar-refractivity contribution in [3.05, 3.63) is 0 Å². The van der Waals surface area contributed by atoms with E-state index in [1.807, 2.05) is 9.80 Å². The van der Waals surface area contributed by atoms with Crippen LogP contribution in [-0.4, -0.2) is 70.1 Å². The van der Waals surface area contributed by atoms with E-state index < -0.39 is 0 Å². The molecule has 2 amide bonds. The van der Waals surface area contributed by atoms with Crippen LogP contribution in [0.4, 0.5) is 4.79 Å². The highest BCUT2D eigenvalue weighted by Gasteiger charge is 2.59. The summed E-state index contributed by atoms with van der Waals surface area (Å²) in [6.45, 7) is 3.56. The number of nitrogens with zero attached hydrogens (tertiary/aromatic N) is 4. The van der Waals surface area contributed by atoms with Gasteiger partial charge in [-0.15, -0.1) is 0 Å². The monoisotopic (exact) mass is 221 g/mol. The van der Waals surface area contributed by atoms with E-state index in [4.69, 9.17) is 5.41 Å². The lowest BCUT2D eigenvalue weighted by molar-refractivity contribution is 0.0842. The lowest BCUT2D eigenvalue weighted by Gasteiger charge is -2.37. The van der Waals surface area contributed by atoms with Crippen LogP contribution in [0.1, 0.15) is 12.8 Å². The van der Waals surface area contributed by atoms with Crippen LogP contribution in [0.2, 0.25) is 0 Å². The fraction of sp³-hybridized carbons (Fsp3) is 0.800. The molecule has 1 N–H and O–H groups in total. The molecule has 6 nitrogen and oxygen atoms in total. The van der Waals surface area contributed by atoms with Crippen LogP contribution in [0.5, 0.6) is 0 Å². The maximum Gasteiger partial charge on any atom is 0.323 e. The molecular formula is C10H15N5O. The molecule has 0 spiro atoms. The topological polar surface area (TPSA) is 53.9 Å². The molecule has 4 heterocycles. The first kappa shape index (κ1) is 8.66. The molecule has 0 radical (unpaired) electrons. The lowest BCUT2D eigenvalue weighted by atomic mass is 10.2. The Morgan fingerprint density at radius 1 is 0.875 bits per heavy atom. The average Bonchev–Trinajstić information content (AvgIpc) is 2.78. The Hall–Kier alpha value is -1.46. The van der Waals surface area contributed by atoms with Crippen molar-refractivity contribution < 1.29 is 4.79 Å². The SMILES string of the molecule is N=C1N2CCCN3C(=O)N4CCCN1C4C23. The maximum absolute atomic E-state index is 12.2. The van der Waals surface area contributed by atoms with Gasteiger partial charge in [-0.25, -0.2) is 4.79 Å². The van der Waals surface area contributed by atoms with E-state index >= 15 is 0 Å². The molecular weight excluding hydrogens is 206 g/mol. The van der Waals surface area contributed by atoms with E-state index in [2.05, 4.69) is 9.80 Å². The molecule has 4 saturated heterocycles. The molecule has 0 aliphatic carbocycles. The molecule has 2 atom stereocenters. The summed E-state index contributed by atoms with van der Waals surface area (Å²) in [6.07, 6.45) is 2.21. The van der Waals surface area contributed by atoms with E-state index in [1.54, 1.807) is 0 Å². The number of nitrogens with one attached hydrogen (secondary N) is 1. The van der Waals surface area contributed by atoms with Gasteiger partial charge in [0.05, 0.1) is 0 Å². The zero-order chi connectivity index (χ0) is 10.9. The van der Waals surface area contributed by atoms with E-state index in [0.717, 1.165) is 39.0 Å². The van der Waals surface area contributed by atoms with Gasteiger partial charge in [-0.05, 0) is 12.8 Å². The van der Waals surface area contributed by atoms with Gasteiger partial charge >= 0.3 is 6.03 Å². The maximum atomic E-state index is 12.2. The van der Waals surface area contributed by atoms with Crippen LogP contribution in [0.15, 0.2) is 0 Å². The minimum atomic E-state index is 0.119. The van der Waals surface area contributed by atoms with Crippen LogP contribution >= 0.6 is 0 Å². The van der Waals surface area contributed by atoms with Crippen molar-refractivity contribution in [1.29, 1.82) is 5.41 Å². The number of rotatable bonds is 0. The highest BCUT2D eigenvalue weighted by molar-refractivity contribution is 5.87. The van der Waals surface area contributed by atoms with Crippen molar-refractivity contribution in [2.75, 3.05) is 26.2 Å². The molecule has 4 aliphatic heterocycles. The van der Waals surface area contributed by atoms with Crippen LogP contribution in [0, 0.1) is 5.41 Å². The summed E-state index contributed by atoms with van der Waals surface area (Å²) in [5, 5.41) is 8.16. The molecule has 0 aromatic heterocycles. The van der Waals surface area contributed by atoms with Gasteiger partial charge in [-0.3, -0.25) is 15.2 Å². The van der Waals surface area contributed by atoms with Crippen LogP contribution in [0.3, 0.4) is 0 Å². The smallest absolute Gasteiger partial charge is 0.318 e. The lowest BCUT2D eigenvalue weighted by Crippen LogP contribution is -2.52. The van der Waals surface area contributed by atoms with Gasteiger partial charge in [0.1, 0.15) is 12.3 Å². The minimum absolute atomic E-state index is 0.119. The Bertz CT molecular complexity index is 319. The predicted molar refractivity (Wildman–Crippen MR) is 56.8 cm³/mol. The molecule has 2 unspecified atom stereocenters. The molecule has 4 aliphatic rings. The van der Waals surface area contributed by atoms with Crippen molar-refractivity contribution in [3.8, 4) is 0 Å². The zero-order valence-electron chi connectivity index (χ0n) is 9.09. The Balaban J connectivity index is 1.83. The second kappa shape index (κ2) is 2.61. The Kier molecular flexibility index (Phi) is 1.42. The van der Waals surface area contributed by atoms with Crippen molar-refractivity contribution in [1.82, 2.24) is 19.6 Å². The van der Waals surface area contributed by atoms with Gasteiger partial charge in [-0.2, -0.15) is 0 Å². The molecule has 86 valence electrons. The summed E-state index contributed by atoms with van der Waals surface area (Å²) in [7, 11) is 0. The van der Waals surface area contributed by atoms with Crippen molar-refractivity contribution >= 4 is 12.0 Å². The summed E-state index contributed by atoms with van der Waals surface area (Å²) in [4.78, 5) is 20.3. The van der Waals surface area contributed by atoms with Crippen LogP contribution < -0.4 is 0 Å². The predicted octanol–water partition coefficient (Wildman–Crippen LogP) is -0.264. The summed E-state index contributed by atoms with van der Waals surface area (Å²) in [5.41, 5.74) is 0. The summed E-state index contributed by atoms with van der Waals surface area (Å²) < 4.78 is 0. The van der Waals surface area contributed by atoms with Gasteiger partial charge in [0, 0.05) is 26.2 Å². The molecule has 0 aromatic carbocycles. The third-order valence-electron chi connectivity index (χ3n) is 4.18. The highest BCUT2D eigenvalue weighted by Crippen LogP contribution is 2.38. The first-order valence-electron chi connectivity index (χ1n) is 5.98. The first-order chi connectivity index (χ1) is 7.79. The fourth-order valence-electron chi connectivity index (χ4n) is 3.54. The Morgan fingerprint density at radius 2 is 1.31 bits per heavy atom. The Labute approximate surface area is 93.9 Å². The number of carbonyl (C=O) groups excluding carboxylic acids is 1. The molecule has 0 bridgehead atoms. The molecule has 0 aromatic rings. The van der Waals surface area contributed by atoms with Crippen LogP contribution in [0.25, 0.3) is 0 Å². The van der Waals surface area contributed by atoms with Crippen molar-refractivity contribution in [2.45, 2.75) is 25.2 Å². The molecule has 4 fully saturated rings. The van der Waals surface area contributed by atoms with Gasteiger partial charge < -0.3 is 9.80 Å². The average molecular weight is 221 g/mol. The van der Waals surface area contributed by atoms with Gasteiger partial charge in [0.25, 0.3) is 0 Å². The minimum Gasteiger partial charge on any atom is -0.318 e. The fourth-order valence-corrected chi connectivity index (χ4v) is 3.54. The van der Waals surface area contributed by atoms with Crippen molar-refractivity contribution in [2.24, 2.45) is 0 Å².